The average Bonchev–Trinajstić information content (AvgIpc) is 2.95. The summed E-state index contributed by atoms with van der Waals surface area (Å²) in [5.74, 6) is 3.06. The van der Waals surface area contributed by atoms with E-state index in [9.17, 15) is 4.79 Å². The van der Waals surface area contributed by atoms with Gasteiger partial charge >= 0.3 is 0 Å². The monoisotopic (exact) mass is 300 g/mol. The largest absolute Gasteiger partial charge is 0.494 e. The molecule has 22 heavy (non-hydrogen) atoms. The number of nitrogens with zero attached hydrogens (tertiary/aromatic N) is 3. The third-order valence-corrected chi connectivity index (χ3v) is 3.33. The van der Waals surface area contributed by atoms with Crippen LogP contribution in [0.15, 0.2) is 24.5 Å². The zero-order chi connectivity index (χ0) is 15.9. The SMILES string of the molecule is C#CCN(C)CCCNC(=O)c1cnn2cccc(OC)c12. The van der Waals surface area contributed by atoms with E-state index >= 15 is 0 Å². The number of hydrogen-bond acceptors (Lipinski definition) is 4. The van der Waals surface area contributed by atoms with Crippen molar-refractivity contribution in [2.75, 3.05) is 33.8 Å². The molecule has 2 heterocycles. The van der Waals surface area contributed by atoms with Crippen molar-refractivity contribution < 1.29 is 9.53 Å². The van der Waals surface area contributed by atoms with Crippen molar-refractivity contribution in [3.63, 3.8) is 0 Å². The molecular formula is C16H20N4O2. The van der Waals surface area contributed by atoms with E-state index in [4.69, 9.17) is 11.2 Å². The Hall–Kier alpha value is -2.52. The second-order valence-corrected chi connectivity index (χ2v) is 4.98. The lowest BCUT2D eigenvalue weighted by molar-refractivity contribution is 0.0953. The zero-order valence-corrected chi connectivity index (χ0v) is 12.9. The van der Waals surface area contributed by atoms with Gasteiger partial charge in [0.05, 0.1) is 25.4 Å². The first-order valence-corrected chi connectivity index (χ1v) is 7.08. The maximum Gasteiger partial charge on any atom is 0.255 e. The zero-order valence-electron chi connectivity index (χ0n) is 12.9. The van der Waals surface area contributed by atoms with Crippen LogP contribution in [0.1, 0.15) is 16.8 Å². The minimum Gasteiger partial charge on any atom is -0.494 e. The van der Waals surface area contributed by atoms with Crippen LogP contribution in [-0.4, -0.2) is 54.2 Å². The lowest BCUT2D eigenvalue weighted by atomic mass is 10.2. The van der Waals surface area contributed by atoms with Crippen LogP contribution in [0.5, 0.6) is 5.75 Å². The summed E-state index contributed by atoms with van der Waals surface area (Å²) in [5.41, 5.74) is 1.18. The van der Waals surface area contributed by atoms with Crippen LogP contribution in [0.25, 0.3) is 5.52 Å². The first-order chi connectivity index (χ1) is 10.7. The average molecular weight is 300 g/mol. The number of terminal acetylenes is 1. The van der Waals surface area contributed by atoms with Gasteiger partial charge in [-0.2, -0.15) is 5.10 Å². The number of amides is 1. The molecule has 0 radical (unpaired) electrons. The van der Waals surface area contributed by atoms with Crippen LogP contribution < -0.4 is 10.1 Å². The molecule has 2 aromatic rings. The summed E-state index contributed by atoms with van der Waals surface area (Å²) < 4.78 is 6.93. The molecule has 0 aromatic carbocycles. The van der Waals surface area contributed by atoms with Gasteiger partial charge in [0, 0.05) is 19.3 Å². The van der Waals surface area contributed by atoms with Gasteiger partial charge in [-0.1, -0.05) is 5.92 Å². The van der Waals surface area contributed by atoms with Crippen molar-refractivity contribution in [2.24, 2.45) is 0 Å². The molecule has 6 nitrogen and oxygen atoms in total. The molecule has 0 saturated carbocycles. The highest BCUT2D eigenvalue weighted by Gasteiger charge is 2.15. The molecule has 0 aliphatic heterocycles. The number of methoxy groups -OCH3 is 1. The van der Waals surface area contributed by atoms with Crippen LogP contribution in [0.2, 0.25) is 0 Å². The third kappa shape index (κ3) is 3.57. The molecule has 0 aliphatic rings. The predicted octanol–water partition coefficient (Wildman–Crippen LogP) is 1.03. The number of carbonyl (C=O) groups excluding carboxylic acids is 1. The van der Waals surface area contributed by atoms with Crippen molar-refractivity contribution in [3.8, 4) is 18.1 Å². The molecule has 0 unspecified atom stereocenters. The maximum atomic E-state index is 12.3. The number of nitrogens with one attached hydrogen (secondary N) is 1. The number of carbonyl (C=O) groups is 1. The molecule has 6 heteroatoms. The predicted molar refractivity (Wildman–Crippen MR) is 85.0 cm³/mol. The van der Waals surface area contributed by atoms with Gasteiger partial charge in [0.25, 0.3) is 5.91 Å². The highest BCUT2D eigenvalue weighted by atomic mass is 16.5. The number of aromatic nitrogens is 2. The molecule has 0 aliphatic carbocycles. The van der Waals surface area contributed by atoms with Crippen LogP contribution in [0.4, 0.5) is 0 Å². The fourth-order valence-electron chi connectivity index (χ4n) is 2.22. The summed E-state index contributed by atoms with van der Waals surface area (Å²) in [4.78, 5) is 14.3. The Bertz CT molecular complexity index is 687. The molecule has 2 rings (SSSR count). The Morgan fingerprint density at radius 2 is 2.41 bits per heavy atom. The van der Waals surface area contributed by atoms with Gasteiger partial charge in [-0.25, -0.2) is 4.52 Å². The van der Waals surface area contributed by atoms with Crippen molar-refractivity contribution >= 4 is 11.4 Å². The quantitative estimate of drug-likeness (QED) is 0.613. The summed E-state index contributed by atoms with van der Waals surface area (Å²) >= 11 is 0. The van der Waals surface area contributed by atoms with Crippen molar-refractivity contribution in [3.05, 3.63) is 30.1 Å². The lowest BCUT2D eigenvalue weighted by Crippen LogP contribution is -2.28. The summed E-state index contributed by atoms with van der Waals surface area (Å²) in [6.45, 7) is 2.03. The Kier molecular flexibility index (Phi) is 5.39. The minimum atomic E-state index is -0.154. The van der Waals surface area contributed by atoms with E-state index < -0.39 is 0 Å². The summed E-state index contributed by atoms with van der Waals surface area (Å²) in [5, 5.41) is 7.07. The maximum absolute atomic E-state index is 12.3. The van der Waals surface area contributed by atoms with Crippen LogP contribution >= 0.6 is 0 Å². The molecule has 2 aromatic heterocycles. The second-order valence-electron chi connectivity index (χ2n) is 4.98. The van der Waals surface area contributed by atoms with E-state index in [-0.39, 0.29) is 5.91 Å². The molecule has 0 bridgehead atoms. The van der Waals surface area contributed by atoms with Gasteiger partial charge in [-0.3, -0.25) is 9.69 Å². The molecule has 1 amide bonds. The third-order valence-electron chi connectivity index (χ3n) is 3.33. The van der Waals surface area contributed by atoms with E-state index in [0.717, 1.165) is 13.0 Å². The van der Waals surface area contributed by atoms with Crippen molar-refractivity contribution in [1.29, 1.82) is 0 Å². The van der Waals surface area contributed by atoms with E-state index in [0.29, 0.717) is 29.9 Å². The summed E-state index contributed by atoms with van der Waals surface area (Å²) in [7, 11) is 3.53. The summed E-state index contributed by atoms with van der Waals surface area (Å²) in [6, 6.07) is 3.63. The van der Waals surface area contributed by atoms with E-state index in [1.165, 1.54) is 0 Å². The first kappa shape index (κ1) is 15.9. The van der Waals surface area contributed by atoms with Gasteiger partial charge < -0.3 is 10.1 Å². The highest BCUT2D eigenvalue weighted by Crippen LogP contribution is 2.22. The Morgan fingerprint density at radius 3 is 3.14 bits per heavy atom. The highest BCUT2D eigenvalue weighted by molar-refractivity contribution is 6.02. The van der Waals surface area contributed by atoms with E-state index in [1.54, 1.807) is 24.0 Å². The van der Waals surface area contributed by atoms with Crippen molar-refractivity contribution in [2.45, 2.75) is 6.42 Å². The lowest BCUT2D eigenvalue weighted by Gasteiger charge is -2.13. The molecule has 0 spiro atoms. The minimum absolute atomic E-state index is 0.154. The fourth-order valence-corrected chi connectivity index (χ4v) is 2.22. The molecular weight excluding hydrogens is 280 g/mol. The van der Waals surface area contributed by atoms with Gasteiger partial charge in [-0.15, -0.1) is 6.42 Å². The number of ether oxygens (including phenoxy) is 1. The van der Waals surface area contributed by atoms with Crippen LogP contribution in [-0.2, 0) is 0 Å². The molecule has 0 saturated heterocycles. The number of pyridine rings is 1. The van der Waals surface area contributed by atoms with E-state index in [1.807, 2.05) is 24.1 Å². The normalized spacial score (nSPS) is 10.6. The Morgan fingerprint density at radius 1 is 1.59 bits per heavy atom. The standard InChI is InChI=1S/C16H20N4O2/c1-4-9-19(2)10-6-8-17-16(21)13-12-18-20-11-5-7-14(22-3)15(13)20/h1,5,7,11-12H,6,8-10H2,2-3H3,(H,17,21). The molecule has 0 fully saturated rings. The smallest absolute Gasteiger partial charge is 0.255 e. The van der Waals surface area contributed by atoms with Gasteiger partial charge in [0.2, 0.25) is 0 Å². The van der Waals surface area contributed by atoms with Crippen LogP contribution in [0, 0.1) is 12.3 Å². The summed E-state index contributed by atoms with van der Waals surface area (Å²) in [6.07, 6.45) is 9.41. The van der Waals surface area contributed by atoms with Gasteiger partial charge in [0.15, 0.2) is 0 Å². The molecule has 116 valence electrons. The second kappa shape index (κ2) is 7.48. The van der Waals surface area contributed by atoms with Gasteiger partial charge in [-0.05, 0) is 25.6 Å². The number of hydrogen-bond donors (Lipinski definition) is 1. The fraction of sp³-hybridized carbons (Fsp3) is 0.375. The molecule has 0 atom stereocenters. The van der Waals surface area contributed by atoms with E-state index in [2.05, 4.69) is 16.3 Å². The molecule has 1 N–H and O–H groups in total. The first-order valence-electron chi connectivity index (χ1n) is 7.08. The van der Waals surface area contributed by atoms with Gasteiger partial charge in [0.1, 0.15) is 11.3 Å². The number of fused-ring (bicyclic) bond motifs is 1. The number of rotatable bonds is 7. The topological polar surface area (TPSA) is 58.9 Å². The Labute approximate surface area is 130 Å². The Balaban J connectivity index is 1.98. The van der Waals surface area contributed by atoms with Crippen LogP contribution in [0.3, 0.4) is 0 Å². The van der Waals surface area contributed by atoms with Crippen molar-refractivity contribution in [1.82, 2.24) is 19.8 Å².